The quantitative estimate of drug-likeness (QED) is 0.836. The van der Waals surface area contributed by atoms with Crippen LogP contribution in [0.5, 0.6) is 0 Å². The topological polar surface area (TPSA) is 58.4 Å². The van der Waals surface area contributed by atoms with Gasteiger partial charge in [-0.2, -0.15) is 0 Å². The summed E-state index contributed by atoms with van der Waals surface area (Å²) >= 11 is 0. The van der Waals surface area contributed by atoms with Crippen LogP contribution in [0.15, 0.2) is 24.3 Å². The number of nitrogens with zero attached hydrogens (tertiary/aromatic N) is 1. The molecule has 2 rings (SSSR count). The molecule has 1 aliphatic rings. The Morgan fingerprint density at radius 3 is 2.70 bits per heavy atom. The number of benzene rings is 1. The fourth-order valence-corrected chi connectivity index (χ4v) is 2.66. The van der Waals surface area contributed by atoms with Crippen molar-refractivity contribution in [2.75, 3.05) is 25.9 Å². The molecule has 0 spiro atoms. The summed E-state index contributed by atoms with van der Waals surface area (Å²) in [7, 11) is 1.71. The lowest BCUT2D eigenvalue weighted by Crippen LogP contribution is -2.35. The summed E-state index contributed by atoms with van der Waals surface area (Å²) in [6.45, 7) is 3.09. The van der Waals surface area contributed by atoms with E-state index in [9.17, 15) is 4.79 Å². The van der Waals surface area contributed by atoms with E-state index in [-0.39, 0.29) is 18.3 Å². The van der Waals surface area contributed by atoms with Gasteiger partial charge >= 0.3 is 0 Å². The number of carbonyl (C=O) groups excluding carboxylic acids is 1. The van der Waals surface area contributed by atoms with Crippen LogP contribution in [0.25, 0.3) is 0 Å². The van der Waals surface area contributed by atoms with E-state index in [2.05, 4.69) is 16.3 Å². The lowest BCUT2D eigenvalue weighted by atomic mass is 9.93. The van der Waals surface area contributed by atoms with E-state index in [1.807, 2.05) is 18.2 Å². The second-order valence-corrected chi connectivity index (χ2v) is 5.34. The molecular weight excluding hydrogens is 274 g/mol. The molecule has 0 radical (unpaired) electrons. The van der Waals surface area contributed by atoms with Gasteiger partial charge in [0, 0.05) is 25.7 Å². The average molecular weight is 298 g/mol. The van der Waals surface area contributed by atoms with Crippen LogP contribution in [0, 0.1) is 5.92 Å². The van der Waals surface area contributed by atoms with Gasteiger partial charge in [-0.1, -0.05) is 12.1 Å². The van der Waals surface area contributed by atoms with Crippen molar-refractivity contribution in [3.05, 3.63) is 29.8 Å². The van der Waals surface area contributed by atoms with Gasteiger partial charge in [-0.3, -0.25) is 9.69 Å². The molecular formula is C15H24ClN3O. The maximum absolute atomic E-state index is 11.4. The molecule has 1 amide bonds. The smallest absolute Gasteiger partial charge is 0.220 e. The number of hydrogen-bond donors (Lipinski definition) is 2. The minimum atomic E-state index is 0. The average Bonchev–Trinajstić information content (AvgIpc) is 2.41. The van der Waals surface area contributed by atoms with Crippen LogP contribution in [0.4, 0.5) is 5.69 Å². The molecule has 3 N–H and O–H groups in total. The Labute approximate surface area is 127 Å². The lowest BCUT2D eigenvalue weighted by Gasteiger charge is -2.31. The SMILES string of the molecule is CNC(=O)CC1CCN(Cc2cccc(N)c2)CC1.Cl. The molecule has 20 heavy (non-hydrogen) atoms. The number of halogens is 1. The van der Waals surface area contributed by atoms with Gasteiger partial charge in [0.05, 0.1) is 0 Å². The zero-order valence-corrected chi connectivity index (χ0v) is 12.8. The number of rotatable bonds is 4. The first-order chi connectivity index (χ1) is 9.17. The zero-order chi connectivity index (χ0) is 13.7. The van der Waals surface area contributed by atoms with Crippen molar-refractivity contribution in [1.29, 1.82) is 0 Å². The minimum Gasteiger partial charge on any atom is -0.399 e. The highest BCUT2D eigenvalue weighted by molar-refractivity contribution is 5.85. The Balaban J connectivity index is 0.00000200. The second-order valence-electron chi connectivity index (χ2n) is 5.34. The van der Waals surface area contributed by atoms with Crippen molar-refractivity contribution in [3.63, 3.8) is 0 Å². The van der Waals surface area contributed by atoms with E-state index in [1.54, 1.807) is 7.05 Å². The van der Waals surface area contributed by atoms with Crippen molar-refractivity contribution in [1.82, 2.24) is 10.2 Å². The maximum Gasteiger partial charge on any atom is 0.220 e. The minimum absolute atomic E-state index is 0. The fraction of sp³-hybridized carbons (Fsp3) is 0.533. The maximum atomic E-state index is 11.4. The Hall–Kier alpha value is -1.26. The highest BCUT2D eigenvalue weighted by Crippen LogP contribution is 2.22. The third-order valence-electron chi connectivity index (χ3n) is 3.82. The van der Waals surface area contributed by atoms with E-state index in [1.165, 1.54) is 5.56 Å². The summed E-state index contributed by atoms with van der Waals surface area (Å²) in [6.07, 6.45) is 2.88. The summed E-state index contributed by atoms with van der Waals surface area (Å²) in [5, 5.41) is 2.70. The van der Waals surface area contributed by atoms with Gasteiger partial charge in [0.15, 0.2) is 0 Å². The molecule has 1 aromatic carbocycles. The highest BCUT2D eigenvalue weighted by Gasteiger charge is 2.21. The number of piperidine rings is 1. The van der Waals surface area contributed by atoms with Gasteiger partial charge in [-0.25, -0.2) is 0 Å². The van der Waals surface area contributed by atoms with Crippen molar-refractivity contribution in [2.45, 2.75) is 25.8 Å². The summed E-state index contributed by atoms with van der Waals surface area (Å²) in [6, 6.07) is 8.08. The number of nitrogen functional groups attached to an aromatic ring is 1. The van der Waals surface area contributed by atoms with Crippen LogP contribution in [0.2, 0.25) is 0 Å². The van der Waals surface area contributed by atoms with Gasteiger partial charge in [0.1, 0.15) is 0 Å². The fourth-order valence-electron chi connectivity index (χ4n) is 2.66. The number of nitrogens with two attached hydrogens (primary N) is 1. The Kier molecular flexibility index (Phi) is 6.82. The van der Waals surface area contributed by atoms with Crippen LogP contribution in [0.1, 0.15) is 24.8 Å². The first-order valence-electron chi connectivity index (χ1n) is 6.94. The van der Waals surface area contributed by atoms with Gasteiger partial charge in [0.25, 0.3) is 0 Å². The molecule has 0 bridgehead atoms. The first-order valence-corrected chi connectivity index (χ1v) is 6.94. The van der Waals surface area contributed by atoms with E-state index in [4.69, 9.17) is 5.73 Å². The standard InChI is InChI=1S/C15H23N3O.ClH/c1-17-15(19)10-12-5-7-18(8-6-12)11-13-3-2-4-14(16)9-13;/h2-4,9,12H,5-8,10-11,16H2,1H3,(H,17,19);1H. The summed E-state index contributed by atoms with van der Waals surface area (Å²) < 4.78 is 0. The van der Waals surface area contributed by atoms with Crippen LogP contribution in [-0.4, -0.2) is 30.9 Å². The molecule has 0 atom stereocenters. The van der Waals surface area contributed by atoms with E-state index >= 15 is 0 Å². The van der Waals surface area contributed by atoms with E-state index in [0.29, 0.717) is 12.3 Å². The molecule has 1 aromatic rings. The largest absolute Gasteiger partial charge is 0.399 e. The van der Waals surface area contributed by atoms with Crippen LogP contribution >= 0.6 is 12.4 Å². The molecule has 1 saturated heterocycles. The normalized spacial score (nSPS) is 16.4. The lowest BCUT2D eigenvalue weighted by molar-refractivity contribution is -0.121. The third kappa shape index (κ3) is 5.02. The molecule has 1 fully saturated rings. The predicted molar refractivity (Wildman–Crippen MR) is 84.8 cm³/mol. The van der Waals surface area contributed by atoms with Crippen LogP contribution < -0.4 is 11.1 Å². The third-order valence-corrected chi connectivity index (χ3v) is 3.82. The molecule has 0 aromatic heterocycles. The summed E-state index contributed by atoms with van der Waals surface area (Å²) in [5.74, 6) is 0.700. The number of likely N-dealkylation sites (tertiary alicyclic amines) is 1. The molecule has 5 heteroatoms. The molecule has 4 nitrogen and oxygen atoms in total. The zero-order valence-electron chi connectivity index (χ0n) is 12.0. The molecule has 112 valence electrons. The van der Waals surface area contributed by atoms with Crippen molar-refractivity contribution < 1.29 is 4.79 Å². The Morgan fingerprint density at radius 2 is 2.10 bits per heavy atom. The first kappa shape index (κ1) is 16.8. The van der Waals surface area contributed by atoms with Crippen LogP contribution in [-0.2, 0) is 11.3 Å². The number of anilines is 1. The van der Waals surface area contributed by atoms with E-state index < -0.39 is 0 Å². The highest BCUT2D eigenvalue weighted by atomic mass is 35.5. The van der Waals surface area contributed by atoms with Gasteiger partial charge in [-0.05, 0) is 49.5 Å². The van der Waals surface area contributed by atoms with Gasteiger partial charge < -0.3 is 11.1 Å². The molecule has 0 unspecified atom stereocenters. The van der Waals surface area contributed by atoms with Gasteiger partial charge in [-0.15, -0.1) is 12.4 Å². The summed E-state index contributed by atoms with van der Waals surface area (Å²) in [5.41, 5.74) is 7.89. The molecule has 0 aliphatic carbocycles. The van der Waals surface area contributed by atoms with Gasteiger partial charge in [0.2, 0.25) is 5.91 Å². The number of amides is 1. The number of nitrogens with one attached hydrogen (secondary N) is 1. The Bertz CT molecular complexity index is 431. The molecule has 1 aliphatic heterocycles. The van der Waals surface area contributed by atoms with E-state index in [0.717, 1.165) is 38.2 Å². The van der Waals surface area contributed by atoms with Crippen molar-refractivity contribution in [2.24, 2.45) is 5.92 Å². The second kappa shape index (κ2) is 8.12. The Morgan fingerprint density at radius 1 is 1.40 bits per heavy atom. The molecule has 1 heterocycles. The monoisotopic (exact) mass is 297 g/mol. The predicted octanol–water partition coefficient (Wildman–Crippen LogP) is 2.04. The van der Waals surface area contributed by atoms with Crippen molar-refractivity contribution in [3.8, 4) is 0 Å². The molecule has 0 saturated carbocycles. The number of hydrogen-bond acceptors (Lipinski definition) is 3. The summed E-state index contributed by atoms with van der Waals surface area (Å²) in [4.78, 5) is 13.8. The van der Waals surface area contributed by atoms with Crippen molar-refractivity contribution >= 4 is 24.0 Å². The van der Waals surface area contributed by atoms with Crippen LogP contribution in [0.3, 0.4) is 0 Å². The number of carbonyl (C=O) groups is 1.